The van der Waals surface area contributed by atoms with Gasteiger partial charge in [-0.25, -0.2) is 8.78 Å². The van der Waals surface area contributed by atoms with Crippen molar-refractivity contribution in [3.05, 3.63) is 59.2 Å². The van der Waals surface area contributed by atoms with Gasteiger partial charge in [0.25, 0.3) is 0 Å². The van der Waals surface area contributed by atoms with Gasteiger partial charge in [-0.2, -0.15) is 0 Å². The van der Waals surface area contributed by atoms with Crippen molar-refractivity contribution in [3.63, 3.8) is 0 Å². The number of rotatable bonds is 3. The summed E-state index contributed by atoms with van der Waals surface area (Å²) in [6.07, 6.45) is 0. The molecule has 0 fully saturated rings. The minimum atomic E-state index is -0.553. The molecule has 18 heavy (non-hydrogen) atoms. The van der Waals surface area contributed by atoms with Crippen LogP contribution in [0.15, 0.2) is 41.3 Å². The summed E-state index contributed by atoms with van der Waals surface area (Å²) < 4.78 is 26.0. The first kappa shape index (κ1) is 12.9. The molecule has 0 aromatic heterocycles. The van der Waals surface area contributed by atoms with Crippen molar-refractivity contribution in [1.82, 2.24) is 0 Å². The smallest absolute Gasteiger partial charge is 0.126 e. The quantitative estimate of drug-likeness (QED) is 0.666. The Bertz CT molecular complexity index is 549. The fourth-order valence-corrected chi connectivity index (χ4v) is 2.61. The number of hydrogen-bond acceptors (Lipinski definition) is 2. The molecule has 4 heteroatoms. The highest BCUT2D eigenvalue weighted by atomic mass is 32.2. The number of anilines is 1. The first-order valence-corrected chi connectivity index (χ1v) is 6.47. The Morgan fingerprint density at radius 2 is 1.72 bits per heavy atom. The maximum absolute atomic E-state index is 13.0. The zero-order valence-corrected chi connectivity index (χ0v) is 10.7. The molecule has 2 aromatic rings. The molecule has 0 aliphatic heterocycles. The van der Waals surface area contributed by atoms with Gasteiger partial charge in [-0.3, -0.25) is 0 Å². The van der Waals surface area contributed by atoms with Crippen LogP contribution in [0.4, 0.5) is 14.5 Å². The van der Waals surface area contributed by atoms with Crippen molar-refractivity contribution in [2.75, 3.05) is 5.73 Å². The standard InChI is InChI=1S/C14H13F2NS/c1-9-2-3-13(17)14(4-9)18-8-10-5-11(15)7-12(16)6-10/h2-7H,8,17H2,1H3. The molecule has 0 aliphatic rings. The van der Waals surface area contributed by atoms with Crippen molar-refractivity contribution >= 4 is 17.4 Å². The van der Waals surface area contributed by atoms with Gasteiger partial charge >= 0.3 is 0 Å². The minimum Gasteiger partial charge on any atom is -0.398 e. The number of nitrogen functional groups attached to an aromatic ring is 1. The van der Waals surface area contributed by atoms with Gasteiger partial charge in [0.05, 0.1) is 0 Å². The van der Waals surface area contributed by atoms with Gasteiger partial charge < -0.3 is 5.73 Å². The minimum absolute atomic E-state index is 0.488. The maximum Gasteiger partial charge on any atom is 0.126 e. The zero-order chi connectivity index (χ0) is 13.1. The molecule has 0 unspecified atom stereocenters. The topological polar surface area (TPSA) is 26.0 Å². The lowest BCUT2D eigenvalue weighted by Gasteiger charge is -2.07. The molecule has 0 saturated carbocycles. The molecule has 2 aromatic carbocycles. The number of thioether (sulfide) groups is 1. The second-order valence-electron chi connectivity index (χ2n) is 4.11. The predicted molar refractivity (Wildman–Crippen MR) is 71.5 cm³/mol. The molecule has 94 valence electrons. The number of aryl methyl sites for hydroxylation is 1. The Kier molecular flexibility index (Phi) is 3.87. The Hall–Kier alpha value is -1.55. The summed E-state index contributed by atoms with van der Waals surface area (Å²) in [6.45, 7) is 1.98. The summed E-state index contributed by atoms with van der Waals surface area (Å²) in [5.74, 6) is -0.617. The highest BCUT2D eigenvalue weighted by Gasteiger charge is 2.04. The van der Waals surface area contributed by atoms with Crippen LogP contribution in [0.3, 0.4) is 0 Å². The van der Waals surface area contributed by atoms with E-state index in [2.05, 4.69) is 0 Å². The Labute approximate surface area is 109 Å². The molecule has 0 saturated heterocycles. The monoisotopic (exact) mass is 265 g/mol. The normalized spacial score (nSPS) is 10.6. The van der Waals surface area contributed by atoms with E-state index in [4.69, 9.17) is 5.73 Å². The highest BCUT2D eigenvalue weighted by molar-refractivity contribution is 7.98. The molecule has 2 N–H and O–H groups in total. The fraction of sp³-hybridized carbons (Fsp3) is 0.143. The first-order valence-electron chi connectivity index (χ1n) is 5.48. The van der Waals surface area contributed by atoms with E-state index in [1.807, 2.05) is 25.1 Å². The van der Waals surface area contributed by atoms with Crippen molar-refractivity contribution in [2.45, 2.75) is 17.6 Å². The van der Waals surface area contributed by atoms with E-state index >= 15 is 0 Å². The van der Waals surface area contributed by atoms with Crippen LogP contribution >= 0.6 is 11.8 Å². The first-order chi connectivity index (χ1) is 8.54. The lowest BCUT2D eigenvalue weighted by atomic mass is 10.2. The van der Waals surface area contributed by atoms with Crippen LogP contribution in [0.1, 0.15) is 11.1 Å². The van der Waals surface area contributed by atoms with Gasteiger partial charge in [-0.15, -0.1) is 11.8 Å². The molecular weight excluding hydrogens is 252 g/mol. The Morgan fingerprint density at radius 1 is 1.06 bits per heavy atom. The zero-order valence-electron chi connectivity index (χ0n) is 9.91. The van der Waals surface area contributed by atoms with Crippen molar-refractivity contribution < 1.29 is 8.78 Å². The Morgan fingerprint density at radius 3 is 2.39 bits per heavy atom. The third kappa shape index (κ3) is 3.23. The van der Waals surface area contributed by atoms with Crippen LogP contribution in [-0.4, -0.2) is 0 Å². The van der Waals surface area contributed by atoms with Gasteiger partial charge in [0, 0.05) is 22.4 Å². The number of benzene rings is 2. The number of halogens is 2. The summed E-state index contributed by atoms with van der Waals surface area (Å²) >= 11 is 1.47. The van der Waals surface area contributed by atoms with Gasteiger partial charge in [0.2, 0.25) is 0 Å². The molecule has 2 rings (SSSR count). The van der Waals surface area contributed by atoms with Crippen molar-refractivity contribution in [2.24, 2.45) is 0 Å². The van der Waals surface area contributed by atoms with Crippen LogP contribution in [0.2, 0.25) is 0 Å². The van der Waals surface area contributed by atoms with E-state index < -0.39 is 11.6 Å². The largest absolute Gasteiger partial charge is 0.398 e. The molecular formula is C14H13F2NS. The van der Waals surface area contributed by atoms with Crippen molar-refractivity contribution in [1.29, 1.82) is 0 Å². The Balaban J connectivity index is 2.13. The third-order valence-corrected chi connectivity index (χ3v) is 3.63. The lowest BCUT2D eigenvalue weighted by molar-refractivity contribution is 0.581. The molecule has 0 spiro atoms. The molecule has 0 bridgehead atoms. The summed E-state index contributed by atoms with van der Waals surface area (Å²) in [6, 6.07) is 9.28. The third-order valence-electron chi connectivity index (χ3n) is 2.49. The van der Waals surface area contributed by atoms with Crippen LogP contribution in [0.25, 0.3) is 0 Å². The van der Waals surface area contributed by atoms with Crippen LogP contribution < -0.4 is 5.73 Å². The molecule has 0 atom stereocenters. The van der Waals surface area contributed by atoms with Gasteiger partial charge in [0.15, 0.2) is 0 Å². The predicted octanol–water partition coefficient (Wildman–Crippen LogP) is 4.15. The van der Waals surface area contributed by atoms with E-state index in [1.54, 1.807) is 0 Å². The molecule has 0 aliphatic carbocycles. The van der Waals surface area contributed by atoms with E-state index in [1.165, 1.54) is 23.9 Å². The van der Waals surface area contributed by atoms with Crippen LogP contribution in [-0.2, 0) is 5.75 Å². The van der Waals surface area contributed by atoms with Gasteiger partial charge in [-0.05, 0) is 42.3 Å². The fourth-order valence-electron chi connectivity index (χ4n) is 1.62. The van der Waals surface area contributed by atoms with E-state index in [-0.39, 0.29) is 0 Å². The van der Waals surface area contributed by atoms with Gasteiger partial charge in [0.1, 0.15) is 11.6 Å². The molecule has 0 amide bonds. The number of nitrogens with two attached hydrogens (primary N) is 1. The maximum atomic E-state index is 13.0. The second-order valence-corrected chi connectivity index (χ2v) is 5.12. The molecule has 1 nitrogen and oxygen atoms in total. The second kappa shape index (κ2) is 5.40. The summed E-state index contributed by atoms with van der Waals surface area (Å²) in [5.41, 5.74) is 8.25. The average molecular weight is 265 g/mol. The summed E-state index contributed by atoms with van der Waals surface area (Å²) in [4.78, 5) is 0.930. The van der Waals surface area contributed by atoms with E-state index in [0.717, 1.165) is 16.5 Å². The summed E-state index contributed by atoms with van der Waals surface area (Å²) in [7, 11) is 0. The summed E-state index contributed by atoms with van der Waals surface area (Å²) in [5, 5.41) is 0. The molecule has 0 radical (unpaired) electrons. The molecule has 0 heterocycles. The lowest BCUT2D eigenvalue weighted by Crippen LogP contribution is -1.91. The van der Waals surface area contributed by atoms with Gasteiger partial charge in [-0.1, -0.05) is 6.07 Å². The van der Waals surface area contributed by atoms with E-state index in [0.29, 0.717) is 17.0 Å². The average Bonchev–Trinajstić information content (AvgIpc) is 2.29. The highest BCUT2D eigenvalue weighted by Crippen LogP contribution is 2.29. The van der Waals surface area contributed by atoms with Crippen LogP contribution in [0.5, 0.6) is 0 Å². The van der Waals surface area contributed by atoms with Crippen molar-refractivity contribution in [3.8, 4) is 0 Å². The number of hydrogen-bond donors (Lipinski definition) is 1. The SMILES string of the molecule is Cc1ccc(N)c(SCc2cc(F)cc(F)c2)c1. The van der Waals surface area contributed by atoms with Crippen LogP contribution in [0, 0.1) is 18.6 Å². The van der Waals surface area contributed by atoms with E-state index in [9.17, 15) is 8.78 Å².